The van der Waals surface area contributed by atoms with E-state index in [4.69, 9.17) is 10.5 Å². The van der Waals surface area contributed by atoms with Gasteiger partial charge in [0.2, 0.25) is 0 Å². The molecule has 0 bridgehead atoms. The molecule has 1 fully saturated rings. The molecule has 0 radical (unpaired) electrons. The maximum atomic E-state index is 11.6. The van der Waals surface area contributed by atoms with Crippen LogP contribution in [0.1, 0.15) is 29.0 Å². The van der Waals surface area contributed by atoms with Crippen LogP contribution in [0.25, 0.3) is 0 Å². The minimum atomic E-state index is -0.244. The Labute approximate surface area is 94.0 Å². The number of nitrogens with one attached hydrogen (secondary N) is 1. The highest BCUT2D eigenvalue weighted by molar-refractivity contribution is 5.94. The Morgan fingerprint density at radius 3 is 2.94 bits per heavy atom. The number of carbonyl (C=O) groups excluding carboxylic acids is 1. The van der Waals surface area contributed by atoms with Crippen LogP contribution in [0.2, 0.25) is 0 Å². The van der Waals surface area contributed by atoms with Crippen LogP contribution in [-0.2, 0) is 6.54 Å². The van der Waals surface area contributed by atoms with E-state index >= 15 is 0 Å². The van der Waals surface area contributed by atoms with Gasteiger partial charge in [0.1, 0.15) is 0 Å². The van der Waals surface area contributed by atoms with Crippen LogP contribution < -0.4 is 15.8 Å². The van der Waals surface area contributed by atoms with Crippen molar-refractivity contribution in [1.29, 1.82) is 0 Å². The van der Waals surface area contributed by atoms with Gasteiger partial charge in [-0.05, 0) is 25.0 Å². The molecule has 0 unspecified atom stereocenters. The molecule has 1 amide bonds. The van der Waals surface area contributed by atoms with E-state index in [0.717, 1.165) is 12.8 Å². The second-order valence-corrected chi connectivity index (χ2v) is 3.75. The highest BCUT2D eigenvalue weighted by Gasteiger charge is 2.26. The van der Waals surface area contributed by atoms with Crippen molar-refractivity contribution in [1.82, 2.24) is 10.3 Å². The molecule has 1 aromatic rings. The van der Waals surface area contributed by atoms with Crippen LogP contribution in [0.15, 0.2) is 12.1 Å². The van der Waals surface area contributed by atoms with Crippen LogP contribution in [0.3, 0.4) is 0 Å². The van der Waals surface area contributed by atoms with Crippen LogP contribution in [0.5, 0.6) is 5.75 Å². The summed E-state index contributed by atoms with van der Waals surface area (Å²) in [6.45, 7) is 0.313. The van der Waals surface area contributed by atoms with Crippen LogP contribution in [0, 0.1) is 0 Å². The van der Waals surface area contributed by atoms with Crippen molar-refractivity contribution in [2.45, 2.75) is 25.5 Å². The van der Waals surface area contributed by atoms with E-state index in [1.54, 1.807) is 19.2 Å². The van der Waals surface area contributed by atoms with E-state index in [0.29, 0.717) is 23.7 Å². The number of rotatable bonds is 4. The fourth-order valence-corrected chi connectivity index (χ4v) is 1.34. The first-order chi connectivity index (χ1) is 7.74. The van der Waals surface area contributed by atoms with E-state index in [1.807, 2.05) is 0 Å². The van der Waals surface area contributed by atoms with Crippen molar-refractivity contribution in [3.8, 4) is 5.75 Å². The molecule has 1 aromatic heterocycles. The lowest BCUT2D eigenvalue weighted by Crippen LogP contribution is -2.21. The molecular weight excluding hydrogens is 206 g/mol. The first-order valence-electron chi connectivity index (χ1n) is 5.33. The maximum Gasteiger partial charge on any atom is 0.273 e. The average molecular weight is 221 g/mol. The Kier molecular flexibility index (Phi) is 3.05. The normalized spacial score (nSPS) is 14.6. The van der Waals surface area contributed by atoms with Gasteiger partial charge in [-0.1, -0.05) is 0 Å². The van der Waals surface area contributed by atoms with Gasteiger partial charge >= 0.3 is 0 Å². The van der Waals surface area contributed by atoms with Gasteiger partial charge < -0.3 is 15.8 Å². The molecule has 1 aliphatic carbocycles. The number of ether oxygens (including phenoxy) is 1. The molecule has 1 heterocycles. The summed E-state index contributed by atoms with van der Waals surface area (Å²) in [5, 5.41) is 2.54. The summed E-state index contributed by atoms with van der Waals surface area (Å²) in [6.07, 6.45) is 2.34. The third kappa shape index (κ3) is 2.30. The number of hydrogen-bond donors (Lipinski definition) is 2. The van der Waals surface area contributed by atoms with Gasteiger partial charge in [0.05, 0.1) is 11.8 Å². The number of hydrogen-bond acceptors (Lipinski definition) is 4. The van der Waals surface area contributed by atoms with Crippen molar-refractivity contribution in [2.75, 3.05) is 7.05 Å². The van der Waals surface area contributed by atoms with Crippen molar-refractivity contribution >= 4 is 5.91 Å². The van der Waals surface area contributed by atoms with Gasteiger partial charge in [-0.15, -0.1) is 0 Å². The molecule has 86 valence electrons. The monoisotopic (exact) mass is 221 g/mol. The number of carbonyl (C=O) groups is 1. The second-order valence-electron chi connectivity index (χ2n) is 3.75. The molecule has 0 aromatic carbocycles. The minimum Gasteiger partial charge on any atom is -0.488 e. The van der Waals surface area contributed by atoms with E-state index < -0.39 is 0 Å². The summed E-state index contributed by atoms with van der Waals surface area (Å²) in [5.41, 5.74) is 6.49. The zero-order valence-electron chi connectivity index (χ0n) is 9.19. The number of amides is 1. The quantitative estimate of drug-likeness (QED) is 0.773. The molecule has 1 aliphatic rings. The van der Waals surface area contributed by atoms with Gasteiger partial charge in [-0.25, -0.2) is 4.98 Å². The molecule has 5 heteroatoms. The molecule has 0 atom stereocenters. The largest absolute Gasteiger partial charge is 0.488 e. The molecule has 0 spiro atoms. The lowest BCUT2D eigenvalue weighted by molar-refractivity contribution is 0.0953. The molecule has 1 saturated carbocycles. The Morgan fingerprint density at radius 1 is 1.62 bits per heavy atom. The van der Waals surface area contributed by atoms with Crippen molar-refractivity contribution in [3.63, 3.8) is 0 Å². The van der Waals surface area contributed by atoms with Gasteiger partial charge in [-0.2, -0.15) is 0 Å². The zero-order valence-corrected chi connectivity index (χ0v) is 9.19. The van der Waals surface area contributed by atoms with Gasteiger partial charge in [0.25, 0.3) is 5.91 Å². The standard InChI is InChI=1S/C11H15N3O2/c1-13-11(15)10-9(16-8-3-4-8)5-2-7(6-12)14-10/h2,5,8H,3-4,6,12H2,1H3,(H,13,15). The summed E-state index contributed by atoms with van der Waals surface area (Å²) in [4.78, 5) is 15.8. The Balaban J connectivity index is 2.29. The van der Waals surface area contributed by atoms with Crippen molar-refractivity contribution < 1.29 is 9.53 Å². The zero-order chi connectivity index (χ0) is 11.5. The second kappa shape index (κ2) is 4.49. The summed E-state index contributed by atoms with van der Waals surface area (Å²) >= 11 is 0. The van der Waals surface area contributed by atoms with Crippen molar-refractivity contribution in [3.05, 3.63) is 23.5 Å². The molecule has 2 rings (SSSR count). The Hall–Kier alpha value is -1.62. The molecule has 0 aliphatic heterocycles. The smallest absolute Gasteiger partial charge is 0.273 e. The predicted octanol–water partition coefficient (Wildman–Crippen LogP) is 0.441. The van der Waals surface area contributed by atoms with Gasteiger partial charge in [0, 0.05) is 13.6 Å². The minimum absolute atomic E-state index is 0.244. The van der Waals surface area contributed by atoms with Crippen LogP contribution in [-0.4, -0.2) is 24.0 Å². The Morgan fingerprint density at radius 2 is 2.38 bits per heavy atom. The third-order valence-electron chi connectivity index (χ3n) is 2.39. The van der Waals surface area contributed by atoms with E-state index in [2.05, 4.69) is 10.3 Å². The Bertz CT molecular complexity index is 402. The lowest BCUT2D eigenvalue weighted by atomic mass is 10.2. The molecule has 0 saturated heterocycles. The number of nitrogens with two attached hydrogens (primary N) is 1. The van der Waals surface area contributed by atoms with E-state index in [1.165, 1.54) is 0 Å². The summed E-state index contributed by atoms with van der Waals surface area (Å²) < 4.78 is 5.61. The molecule has 3 N–H and O–H groups in total. The predicted molar refractivity (Wildman–Crippen MR) is 59.2 cm³/mol. The highest BCUT2D eigenvalue weighted by Crippen LogP contribution is 2.28. The van der Waals surface area contributed by atoms with Crippen LogP contribution in [0.4, 0.5) is 0 Å². The SMILES string of the molecule is CNC(=O)c1nc(CN)ccc1OC1CC1. The summed E-state index contributed by atoms with van der Waals surface area (Å²) in [5.74, 6) is 0.296. The van der Waals surface area contributed by atoms with E-state index in [-0.39, 0.29) is 12.0 Å². The molecular formula is C11H15N3O2. The highest BCUT2D eigenvalue weighted by atomic mass is 16.5. The van der Waals surface area contributed by atoms with Crippen LogP contribution >= 0.6 is 0 Å². The lowest BCUT2D eigenvalue weighted by Gasteiger charge is -2.10. The molecule has 5 nitrogen and oxygen atoms in total. The van der Waals surface area contributed by atoms with Crippen molar-refractivity contribution in [2.24, 2.45) is 5.73 Å². The third-order valence-corrected chi connectivity index (χ3v) is 2.39. The average Bonchev–Trinajstić information content (AvgIpc) is 3.12. The number of nitrogens with zero attached hydrogens (tertiary/aromatic N) is 1. The molecule has 16 heavy (non-hydrogen) atoms. The van der Waals surface area contributed by atoms with E-state index in [9.17, 15) is 4.79 Å². The maximum absolute atomic E-state index is 11.6. The fourth-order valence-electron chi connectivity index (χ4n) is 1.34. The first-order valence-corrected chi connectivity index (χ1v) is 5.33. The number of aromatic nitrogens is 1. The van der Waals surface area contributed by atoms with Gasteiger partial charge in [-0.3, -0.25) is 4.79 Å². The van der Waals surface area contributed by atoms with Gasteiger partial charge in [0.15, 0.2) is 11.4 Å². The summed E-state index contributed by atoms with van der Waals surface area (Å²) in [7, 11) is 1.57. The topological polar surface area (TPSA) is 77.2 Å². The first kappa shape index (κ1) is 10.9. The summed E-state index contributed by atoms with van der Waals surface area (Å²) in [6, 6.07) is 3.54. The number of pyridine rings is 1. The fraction of sp³-hybridized carbons (Fsp3) is 0.455.